The first-order valence-electron chi connectivity index (χ1n) is 4.27. The minimum Gasteiger partial charge on any atom is -0.342 e. The Hall–Kier alpha value is -0.830. The van der Waals surface area contributed by atoms with Gasteiger partial charge in [-0.3, -0.25) is 4.79 Å². The second-order valence-electron chi connectivity index (χ2n) is 2.81. The van der Waals surface area contributed by atoms with Crippen molar-refractivity contribution in [1.29, 1.82) is 0 Å². The summed E-state index contributed by atoms with van der Waals surface area (Å²) in [4.78, 5) is 12.9. The lowest BCUT2D eigenvalue weighted by Crippen LogP contribution is -2.26. The summed E-state index contributed by atoms with van der Waals surface area (Å²) in [6.07, 6.45) is 4.13. The highest BCUT2D eigenvalue weighted by Crippen LogP contribution is 1.97. The lowest BCUT2D eigenvalue weighted by molar-refractivity contribution is -0.129. The predicted molar refractivity (Wildman–Crippen MR) is 50.7 cm³/mol. The number of likely N-dealkylation sites (N-methyl/N-ethyl adjacent to an activating group) is 1. The minimum atomic E-state index is 0.170. The van der Waals surface area contributed by atoms with Crippen molar-refractivity contribution < 1.29 is 4.79 Å². The molecule has 0 saturated carbocycles. The number of nitrogens with two attached hydrogens (primary N) is 1. The van der Waals surface area contributed by atoms with E-state index in [-0.39, 0.29) is 5.91 Å². The monoisotopic (exact) mass is 170 g/mol. The van der Waals surface area contributed by atoms with Gasteiger partial charge in [0.15, 0.2) is 0 Å². The maximum atomic E-state index is 11.2. The fraction of sp³-hybridized carbons (Fsp3) is 0.667. The molecule has 0 unspecified atom stereocenters. The van der Waals surface area contributed by atoms with Crippen LogP contribution >= 0.6 is 0 Å². The van der Waals surface area contributed by atoms with E-state index in [0.29, 0.717) is 19.5 Å². The van der Waals surface area contributed by atoms with E-state index in [2.05, 4.69) is 6.58 Å². The zero-order valence-corrected chi connectivity index (χ0v) is 7.75. The molecule has 0 aliphatic rings. The third-order valence-electron chi connectivity index (χ3n) is 1.67. The molecule has 2 N–H and O–H groups in total. The van der Waals surface area contributed by atoms with Crippen LogP contribution in [0, 0.1) is 0 Å². The van der Waals surface area contributed by atoms with Gasteiger partial charge in [-0.25, -0.2) is 0 Å². The summed E-state index contributed by atoms with van der Waals surface area (Å²) in [7, 11) is 1.78. The second kappa shape index (κ2) is 6.85. The highest BCUT2D eigenvalue weighted by molar-refractivity contribution is 5.75. The summed E-state index contributed by atoms with van der Waals surface area (Å²) in [5.41, 5.74) is 5.31. The van der Waals surface area contributed by atoms with Gasteiger partial charge in [-0.05, 0) is 19.4 Å². The van der Waals surface area contributed by atoms with Gasteiger partial charge in [0.1, 0.15) is 0 Å². The Bertz CT molecular complexity index is 145. The molecule has 0 radical (unpaired) electrons. The van der Waals surface area contributed by atoms with Gasteiger partial charge in [0, 0.05) is 20.0 Å². The van der Waals surface area contributed by atoms with Crippen molar-refractivity contribution in [1.82, 2.24) is 4.90 Å². The van der Waals surface area contributed by atoms with E-state index in [1.54, 1.807) is 18.0 Å². The van der Waals surface area contributed by atoms with Crippen LogP contribution in [0.4, 0.5) is 0 Å². The lowest BCUT2D eigenvalue weighted by Gasteiger charge is -2.14. The second-order valence-corrected chi connectivity index (χ2v) is 2.81. The molecule has 0 spiro atoms. The molecule has 0 aromatic carbocycles. The van der Waals surface area contributed by atoms with Gasteiger partial charge in [0.25, 0.3) is 0 Å². The fourth-order valence-electron chi connectivity index (χ4n) is 0.907. The first-order chi connectivity index (χ1) is 5.72. The number of amides is 1. The zero-order chi connectivity index (χ0) is 9.40. The van der Waals surface area contributed by atoms with Crippen molar-refractivity contribution in [3.8, 4) is 0 Å². The molecule has 0 saturated heterocycles. The van der Waals surface area contributed by atoms with E-state index >= 15 is 0 Å². The van der Waals surface area contributed by atoms with Crippen LogP contribution in [-0.2, 0) is 4.79 Å². The SMILES string of the molecule is C=CCN(C)C(=O)CCCCN. The quantitative estimate of drug-likeness (QED) is 0.472. The Morgan fingerprint density at radius 3 is 2.75 bits per heavy atom. The normalized spacial score (nSPS) is 9.50. The summed E-state index contributed by atoms with van der Waals surface area (Å²) in [5.74, 6) is 0.170. The van der Waals surface area contributed by atoms with E-state index in [9.17, 15) is 4.79 Å². The van der Waals surface area contributed by atoms with Crippen molar-refractivity contribution in [2.45, 2.75) is 19.3 Å². The van der Waals surface area contributed by atoms with E-state index in [1.807, 2.05) is 0 Å². The van der Waals surface area contributed by atoms with E-state index in [1.165, 1.54) is 0 Å². The van der Waals surface area contributed by atoms with Crippen LogP contribution < -0.4 is 5.73 Å². The molecule has 70 valence electrons. The maximum Gasteiger partial charge on any atom is 0.222 e. The summed E-state index contributed by atoms with van der Waals surface area (Å²) >= 11 is 0. The highest BCUT2D eigenvalue weighted by atomic mass is 16.2. The molecule has 0 aromatic heterocycles. The topological polar surface area (TPSA) is 46.3 Å². The van der Waals surface area contributed by atoms with Gasteiger partial charge in [0.05, 0.1) is 0 Å². The largest absolute Gasteiger partial charge is 0.342 e. The number of hydrogen-bond acceptors (Lipinski definition) is 2. The lowest BCUT2D eigenvalue weighted by atomic mass is 10.2. The Kier molecular flexibility index (Phi) is 6.38. The van der Waals surface area contributed by atoms with Gasteiger partial charge < -0.3 is 10.6 Å². The molecule has 1 amide bonds. The molecule has 0 heterocycles. The first kappa shape index (κ1) is 11.2. The molecular formula is C9H18N2O. The molecule has 0 aliphatic heterocycles. The number of rotatable bonds is 6. The smallest absolute Gasteiger partial charge is 0.222 e. The third kappa shape index (κ3) is 4.91. The number of hydrogen-bond donors (Lipinski definition) is 1. The van der Waals surface area contributed by atoms with Crippen molar-refractivity contribution >= 4 is 5.91 Å². The molecule has 12 heavy (non-hydrogen) atoms. The molecule has 3 heteroatoms. The molecule has 0 bridgehead atoms. The van der Waals surface area contributed by atoms with Crippen molar-refractivity contribution in [2.75, 3.05) is 20.1 Å². The molecule has 0 rings (SSSR count). The van der Waals surface area contributed by atoms with Crippen LogP contribution in [0.2, 0.25) is 0 Å². The van der Waals surface area contributed by atoms with E-state index in [0.717, 1.165) is 12.8 Å². The van der Waals surface area contributed by atoms with Crippen LogP contribution in [0.5, 0.6) is 0 Å². The first-order valence-corrected chi connectivity index (χ1v) is 4.27. The van der Waals surface area contributed by atoms with Crippen molar-refractivity contribution in [2.24, 2.45) is 5.73 Å². The van der Waals surface area contributed by atoms with Crippen LogP contribution in [-0.4, -0.2) is 30.9 Å². The van der Waals surface area contributed by atoms with Gasteiger partial charge in [-0.1, -0.05) is 6.08 Å². The number of unbranched alkanes of at least 4 members (excludes halogenated alkanes) is 1. The molecule has 3 nitrogen and oxygen atoms in total. The Morgan fingerprint density at radius 1 is 1.58 bits per heavy atom. The predicted octanol–water partition coefficient (Wildman–Crippen LogP) is 0.760. The summed E-state index contributed by atoms with van der Waals surface area (Å²) in [6.45, 7) is 4.86. The average Bonchev–Trinajstić information content (AvgIpc) is 2.05. The minimum absolute atomic E-state index is 0.170. The number of carbonyl (C=O) groups is 1. The average molecular weight is 170 g/mol. The van der Waals surface area contributed by atoms with E-state index in [4.69, 9.17) is 5.73 Å². The van der Waals surface area contributed by atoms with Gasteiger partial charge in [-0.15, -0.1) is 6.58 Å². The van der Waals surface area contributed by atoms with Crippen LogP contribution in [0.3, 0.4) is 0 Å². The van der Waals surface area contributed by atoms with Gasteiger partial charge in [-0.2, -0.15) is 0 Å². The Labute approximate surface area is 74.2 Å². The van der Waals surface area contributed by atoms with Gasteiger partial charge >= 0.3 is 0 Å². The zero-order valence-electron chi connectivity index (χ0n) is 7.75. The van der Waals surface area contributed by atoms with Crippen LogP contribution in [0.1, 0.15) is 19.3 Å². The molecular weight excluding hydrogens is 152 g/mol. The standard InChI is InChI=1S/C9H18N2O/c1-3-8-11(2)9(12)6-4-5-7-10/h3H,1,4-8,10H2,2H3. The molecule has 0 atom stereocenters. The summed E-state index contributed by atoms with van der Waals surface area (Å²) in [5, 5.41) is 0. The van der Waals surface area contributed by atoms with Gasteiger partial charge in [0.2, 0.25) is 5.91 Å². The Morgan fingerprint density at radius 2 is 2.25 bits per heavy atom. The fourth-order valence-corrected chi connectivity index (χ4v) is 0.907. The highest BCUT2D eigenvalue weighted by Gasteiger charge is 2.04. The van der Waals surface area contributed by atoms with Crippen LogP contribution in [0.25, 0.3) is 0 Å². The summed E-state index contributed by atoms with van der Waals surface area (Å²) < 4.78 is 0. The van der Waals surface area contributed by atoms with Crippen molar-refractivity contribution in [3.63, 3.8) is 0 Å². The Balaban J connectivity index is 3.49. The maximum absolute atomic E-state index is 11.2. The molecule has 0 aromatic rings. The summed E-state index contributed by atoms with van der Waals surface area (Å²) in [6, 6.07) is 0. The third-order valence-corrected chi connectivity index (χ3v) is 1.67. The van der Waals surface area contributed by atoms with Crippen molar-refractivity contribution in [3.05, 3.63) is 12.7 Å². The molecule has 0 aliphatic carbocycles. The van der Waals surface area contributed by atoms with E-state index < -0.39 is 0 Å². The number of carbonyl (C=O) groups excluding carboxylic acids is 1. The van der Waals surface area contributed by atoms with Crippen LogP contribution in [0.15, 0.2) is 12.7 Å². The molecule has 0 fully saturated rings. The number of nitrogens with zero attached hydrogens (tertiary/aromatic N) is 1.